The van der Waals surface area contributed by atoms with Crippen LogP contribution in [0.2, 0.25) is 0 Å². The quantitative estimate of drug-likeness (QED) is 0.506. The lowest BCUT2D eigenvalue weighted by Gasteiger charge is -1.97. The molecule has 0 aromatic heterocycles. The average molecular weight is 268 g/mol. The van der Waals surface area contributed by atoms with Crippen LogP contribution >= 0.6 is 28.1 Å². The van der Waals surface area contributed by atoms with E-state index in [0.29, 0.717) is 4.99 Å². The van der Waals surface area contributed by atoms with Crippen LogP contribution in [0.1, 0.15) is 17.5 Å². The van der Waals surface area contributed by atoms with Crippen LogP contribution in [0.25, 0.3) is 0 Å². The summed E-state index contributed by atoms with van der Waals surface area (Å²) in [7, 11) is 0. The Morgan fingerprint density at radius 3 is 2.93 bits per heavy atom. The Morgan fingerprint density at radius 2 is 2.29 bits per heavy atom. The SMILES string of the molecule is NC(=S)c1cccc(C#CCCBr)c1. The Bertz CT molecular complexity index is 390. The Balaban J connectivity index is 2.85. The lowest BCUT2D eigenvalue weighted by atomic mass is 10.1. The topological polar surface area (TPSA) is 26.0 Å². The first-order valence-corrected chi connectivity index (χ1v) is 5.71. The molecule has 2 N–H and O–H groups in total. The van der Waals surface area contributed by atoms with E-state index in [0.717, 1.165) is 22.9 Å². The molecule has 0 fully saturated rings. The van der Waals surface area contributed by atoms with Gasteiger partial charge in [-0.05, 0) is 12.1 Å². The van der Waals surface area contributed by atoms with Gasteiger partial charge in [0.05, 0.1) is 0 Å². The molecule has 0 aliphatic carbocycles. The molecule has 14 heavy (non-hydrogen) atoms. The molecule has 0 saturated heterocycles. The van der Waals surface area contributed by atoms with E-state index in [1.807, 2.05) is 24.3 Å². The third kappa shape index (κ3) is 3.49. The zero-order valence-electron chi connectivity index (χ0n) is 7.59. The summed E-state index contributed by atoms with van der Waals surface area (Å²) in [4.78, 5) is 0.411. The van der Waals surface area contributed by atoms with Gasteiger partial charge in [0.1, 0.15) is 4.99 Å². The van der Waals surface area contributed by atoms with E-state index in [2.05, 4.69) is 27.8 Å². The molecule has 0 aliphatic heterocycles. The standard InChI is InChI=1S/C11H10BrNS/c12-7-2-1-4-9-5-3-6-10(8-9)11(13)14/h3,5-6,8H,2,7H2,(H2,13,14). The van der Waals surface area contributed by atoms with Crippen molar-refractivity contribution in [2.45, 2.75) is 6.42 Å². The van der Waals surface area contributed by atoms with E-state index in [-0.39, 0.29) is 0 Å². The van der Waals surface area contributed by atoms with Gasteiger partial charge in [0.25, 0.3) is 0 Å². The number of alkyl halides is 1. The summed E-state index contributed by atoms with van der Waals surface area (Å²) in [6.45, 7) is 0. The molecule has 0 amide bonds. The zero-order chi connectivity index (χ0) is 10.4. The molecule has 3 heteroatoms. The molecule has 0 aliphatic rings. The lowest BCUT2D eigenvalue weighted by molar-refractivity contribution is 1.32. The molecule has 0 spiro atoms. The van der Waals surface area contributed by atoms with Crippen molar-refractivity contribution in [1.29, 1.82) is 0 Å². The van der Waals surface area contributed by atoms with Gasteiger partial charge < -0.3 is 5.73 Å². The molecule has 0 radical (unpaired) electrons. The lowest BCUT2D eigenvalue weighted by Crippen LogP contribution is -2.08. The van der Waals surface area contributed by atoms with Gasteiger partial charge in [-0.2, -0.15) is 0 Å². The van der Waals surface area contributed by atoms with Gasteiger partial charge in [-0.25, -0.2) is 0 Å². The number of hydrogen-bond acceptors (Lipinski definition) is 1. The smallest absolute Gasteiger partial charge is 0.104 e. The third-order valence-electron chi connectivity index (χ3n) is 1.60. The molecule has 0 heterocycles. The Morgan fingerprint density at radius 1 is 1.50 bits per heavy atom. The fraction of sp³-hybridized carbons (Fsp3) is 0.182. The predicted molar refractivity (Wildman–Crippen MR) is 67.6 cm³/mol. The summed E-state index contributed by atoms with van der Waals surface area (Å²) in [5.41, 5.74) is 7.33. The van der Waals surface area contributed by atoms with Gasteiger partial charge in [-0.3, -0.25) is 0 Å². The highest BCUT2D eigenvalue weighted by Gasteiger charge is 1.95. The Hall–Kier alpha value is -0.850. The number of hydrogen-bond donors (Lipinski definition) is 1. The van der Waals surface area contributed by atoms with Crippen molar-refractivity contribution in [3.8, 4) is 11.8 Å². The molecule has 1 aromatic rings. The van der Waals surface area contributed by atoms with Crippen LogP contribution in [0.3, 0.4) is 0 Å². The maximum atomic E-state index is 5.51. The van der Waals surface area contributed by atoms with Gasteiger partial charge in [-0.15, -0.1) is 0 Å². The van der Waals surface area contributed by atoms with E-state index in [4.69, 9.17) is 18.0 Å². The van der Waals surface area contributed by atoms with Crippen LogP contribution in [0.5, 0.6) is 0 Å². The molecule has 1 rings (SSSR count). The van der Waals surface area contributed by atoms with Crippen molar-refractivity contribution in [2.24, 2.45) is 5.73 Å². The highest BCUT2D eigenvalue weighted by atomic mass is 79.9. The summed E-state index contributed by atoms with van der Waals surface area (Å²) in [5, 5.41) is 0.898. The summed E-state index contributed by atoms with van der Waals surface area (Å²) in [6, 6.07) is 7.65. The van der Waals surface area contributed by atoms with E-state index in [1.165, 1.54) is 0 Å². The van der Waals surface area contributed by atoms with Crippen molar-refractivity contribution in [1.82, 2.24) is 0 Å². The molecular formula is C11H10BrNS. The molecule has 72 valence electrons. The van der Waals surface area contributed by atoms with Crippen LogP contribution in [-0.4, -0.2) is 10.3 Å². The van der Waals surface area contributed by atoms with Gasteiger partial charge in [0.2, 0.25) is 0 Å². The second-order valence-corrected chi connectivity index (χ2v) is 3.92. The number of nitrogens with two attached hydrogens (primary N) is 1. The van der Waals surface area contributed by atoms with Gasteiger partial charge in [0, 0.05) is 22.9 Å². The maximum Gasteiger partial charge on any atom is 0.104 e. The summed E-state index contributed by atoms with van der Waals surface area (Å²) >= 11 is 8.20. The zero-order valence-corrected chi connectivity index (χ0v) is 9.99. The van der Waals surface area contributed by atoms with Gasteiger partial charge in [-0.1, -0.05) is 52.1 Å². The average Bonchev–Trinajstić information content (AvgIpc) is 2.19. The predicted octanol–water partition coefficient (Wildman–Crippen LogP) is 2.46. The second-order valence-electron chi connectivity index (χ2n) is 2.69. The molecule has 0 saturated carbocycles. The Kier molecular flexibility index (Phi) is 4.64. The molecule has 1 nitrogen and oxygen atoms in total. The minimum atomic E-state index is 0.411. The highest BCUT2D eigenvalue weighted by molar-refractivity contribution is 9.09. The van der Waals surface area contributed by atoms with Crippen LogP contribution in [0.15, 0.2) is 24.3 Å². The summed E-state index contributed by atoms with van der Waals surface area (Å²) in [5.74, 6) is 6.08. The van der Waals surface area contributed by atoms with E-state index in [1.54, 1.807) is 0 Å². The van der Waals surface area contributed by atoms with Crippen molar-refractivity contribution in [2.75, 3.05) is 5.33 Å². The largest absolute Gasteiger partial charge is 0.389 e. The highest BCUT2D eigenvalue weighted by Crippen LogP contribution is 2.03. The van der Waals surface area contributed by atoms with Crippen molar-refractivity contribution >= 4 is 33.1 Å². The van der Waals surface area contributed by atoms with Gasteiger partial charge in [0.15, 0.2) is 0 Å². The number of rotatable bonds is 2. The fourth-order valence-corrected chi connectivity index (χ4v) is 1.29. The minimum Gasteiger partial charge on any atom is -0.389 e. The monoisotopic (exact) mass is 267 g/mol. The van der Waals surface area contributed by atoms with Gasteiger partial charge >= 0.3 is 0 Å². The summed E-state index contributed by atoms with van der Waals surface area (Å²) in [6.07, 6.45) is 0.845. The maximum absolute atomic E-state index is 5.51. The summed E-state index contributed by atoms with van der Waals surface area (Å²) < 4.78 is 0. The minimum absolute atomic E-state index is 0.411. The van der Waals surface area contributed by atoms with Crippen molar-refractivity contribution in [3.63, 3.8) is 0 Å². The molecule has 0 atom stereocenters. The van der Waals surface area contributed by atoms with E-state index >= 15 is 0 Å². The Labute approximate surface area is 97.8 Å². The van der Waals surface area contributed by atoms with Crippen molar-refractivity contribution < 1.29 is 0 Å². The van der Waals surface area contributed by atoms with E-state index < -0.39 is 0 Å². The molecule has 0 bridgehead atoms. The third-order valence-corrected chi connectivity index (χ3v) is 2.23. The molecule has 0 unspecified atom stereocenters. The van der Waals surface area contributed by atoms with Crippen LogP contribution < -0.4 is 5.73 Å². The van der Waals surface area contributed by atoms with Crippen molar-refractivity contribution in [3.05, 3.63) is 35.4 Å². The van der Waals surface area contributed by atoms with Crippen LogP contribution in [0.4, 0.5) is 0 Å². The molecule has 1 aromatic carbocycles. The fourth-order valence-electron chi connectivity index (χ4n) is 0.962. The normalized spacial score (nSPS) is 8.93. The molecular weight excluding hydrogens is 258 g/mol. The first kappa shape index (κ1) is 11.2. The number of halogens is 1. The number of thiocarbonyl (C=S) groups is 1. The van der Waals surface area contributed by atoms with Crippen LogP contribution in [0, 0.1) is 11.8 Å². The number of benzene rings is 1. The van der Waals surface area contributed by atoms with Crippen LogP contribution in [-0.2, 0) is 0 Å². The first-order chi connectivity index (χ1) is 6.74. The van der Waals surface area contributed by atoms with E-state index in [9.17, 15) is 0 Å². The second kappa shape index (κ2) is 5.79. The first-order valence-electron chi connectivity index (χ1n) is 4.18.